The maximum Gasteiger partial charge on any atom is 0.342 e. The van der Waals surface area contributed by atoms with Gasteiger partial charge in [-0.3, -0.25) is 0 Å². The van der Waals surface area contributed by atoms with Gasteiger partial charge in [0, 0.05) is 5.41 Å². The SMILES string of the molecule is COC(=O)c1c(OCCOCCO)ccc2c1C=CC(c1ccc(OC)cc1)(c1ccc(OC)cc1)C2. The summed E-state index contributed by atoms with van der Waals surface area (Å²) in [5, 5.41) is 8.88. The molecule has 3 aromatic carbocycles. The molecule has 0 fully saturated rings. The molecule has 1 aliphatic rings. The number of esters is 1. The standard InChI is InChI=1S/C30H32O7/c1-33-24-9-5-22(6-10-24)30(23-7-11-25(34-2)12-8-23)15-14-26-21(20-30)4-13-27(28(26)29(32)35-3)37-19-18-36-17-16-31/h4-15,31H,16-20H2,1-3H3. The summed E-state index contributed by atoms with van der Waals surface area (Å²) in [6, 6.07) is 19.9. The number of aliphatic hydroxyl groups excluding tert-OH is 1. The lowest BCUT2D eigenvalue weighted by Gasteiger charge is -2.36. The van der Waals surface area contributed by atoms with E-state index in [1.165, 1.54) is 7.11 Å². The molecule has 1 N–H and O–H groups in total. The van der Waals surface area contributed by atoms with E-state index in [1.54, 1.807) is 14.2 Å². The Morgan fingerprint density at radius 3 is 2.00 bits per heavy atom. The first-order valence-corrected chi connectivity index (χ1v) is 12.1. The van der Waals surface area contributed by atoms with Crippen molar-refractivity contribution in [3.8, 4) is 17.2 Å². The summed E-state index contributed by atoms with van der Waals surface area (Å²) in [6.07, 6.45) is 4.75. The number of hydrogen-bond acceptors (Lipinski definition) is 7. The lowest BCUT2D eigenvalue weighted by atomic mass is 9.67. The second-order valence-corrected chi connectivity index (χ2v) is 8.63. The van der Waals surface area contributed by atoms with Crippen LogP contribution in [0.5, 0.6) is 17.2 Å². The number of methoxy groups -OCH3 is 3. The Morgan fingerprint density at radius 1 is 0.838 bits per heavy atom. The summed E-state index contributed by atoms with van der Waals surface area (Å²) in [6.45, 7) is 0.723. The Labute approximate surface area is 217 Å². The van der Waals surface area contributed by atoms with Crippen LogP contribution in [0.3, 0.4) is 0 Å². The quantitative estimate of drug-likeness (QED) is 0.305. The minimum atomic E-state index is -0.473. The van der Waals surface area contributed by atoms with E-state index in [-0.39, 0.29) is 19.8 Å². The molecule has 3 aromatic rings. The van der Waals surface area contributed by atoms with Gasteiger partial charge in [-0.15, -0.1) is 0 Å². The molecule has 0 bridgehead atoms. The molecule has 37 heavy (non-hydrogen) atoms. The van der Waals surface area contributed by atoms with Gasteiger partial charge in [0.05, 0.1) is 41.2 Å². The van der Waals surface area contributed by atoms with Crippen molar-refractivity contribution in [1.82, 2.24) is 0 Å². The first kappa shape index (κ1) is 26.3. The molecule has 0 spiro atoms. The van der Waals surface area contributed by atoms with Gasteiger partial charge in [-0.05, 0) is 59.0 Å². The molecule has 0 radical (unpaired) electrons. The summed E-state index contributed by atoms with van der Waals surface area (Å²) in [7, 11) is 4.66. The molecule has 0 atom stereocenters. The molecular formula is C30H32O7. The normalized spacial score (nSPS) is 13.5. The topological polar surface area (TPSA) is 83.5 Å². The molecule has 4 rings (SSSR count). The molecule has 194 valence electrons. The fraction of sp³-hybridized carbons (Fsp3) is 0.300. The fourth-order valence-electron chi connectivity index (χ4n) is 4.72. The molecule has 0 heterocycles. The minimum Gasteiger partial charge on any atom is -0.497 e. The highest BCUT2D eigenvalue weighted by Crippen LogP contribution is 2.44. The largest absolute Gasteiger partial charge is 0.497 e. The minimum absolute atomic E-state index is 0.0544. The maximum absolute atomic E-state index is 12.9. The van der Waals surface area contributed by atoms with Crippen LogP contribution in [-0.2, 0) is 21.3 Å². The van der Waals surface area contributed by atoms with E-state index in [0.29, 0.717) is 24.3 Å². The van der Waals surface area contributed by atoms with Crippen molar-refractivity contribution in [2.45, 2.75) is 11.8 Å². The van der Waals surface area contributed by atoms with Crippen LogP contribution >= 0.6 is 0 Å². The lowest BCUT2D eigenvalue weighted by molar-refractivity contribution is 0.0581. The fourth-order valence-corrected chi connectivity index (χ4v) is 4.72. The van der Waals surface area contributed by atoms with Crippen LogP contribution in [0, 0.1) is 0 Å². The van der Waals surface area contributed by atoms with Gasteiger partial charge in [-0.2, -0.15) is 0 Å². The van der Waals surface area contributed by atoms with E-state index in [9.17, 15) is 4.79 Å². The summed E-state index contributed by atoms with van der Waals surface area (Å²) in [5.74, 6) is 1.54. The molecule has 1 aliphatic carbocycles. The lowest BCUT2D eigenvalue weighted by Crippen LogP contribution is -2.31. The van der Waals surface area contributed by atoms with Crippen molar-refractivity contribution < 1.29 is 33.6 Å². The van der Waals surface area contributed by atoms with Gasteiger partial charge in [-0.1, -0.05) is 42.5 Å². The number of fused-ring (bicyclic) bond motifs is 1. The summed E-state index contributed by atoms with van der Waals surface area (Å²) in [4.78, 5) is 12.9. The Bertz CT molecular complexity index is 1180. The van der Waals surface area contributed by atoms with Gasteiger partial charge in [0.1, 0.15) is 29.4 Å². The highest BCUT2D eigenvalue weighted by atomic mass is 16.5. The Balaban J connectivity index is 1.77. The van der Waals surface area contributed by atoms with Crippen molar-refractivity contribution in [2.75, 3.05) is 47.8 Å². The molecule has 7 heteroatoms. The third-order valence-electron chi connectivity index (χ3n) is 6.62. The van der Waals surface area contributed by atoms with E-state index in [1.807, 2.05) is 42.5 Å². The first-order valence-electron chi connectivity index (χ1n) is 12.1. The number of ether oxygens (including phenoxy) is 5. The van der Waals surface area contributed by atoms with E-state index >= 15 is 0 Å². The van der Waals surface area contributed by atoms with Gasteiger partial charge < -0.3 is 28.8 Å². The van der Waals surface area contributed by atoms with E-state index < -0.39 is 11.4 Å². The van der Waals surface area contributed by atoms with Crippen LogP contribution in [-0.4, -0.2) is 58.8 Å². The van der Waals surface area contributed by atoms with Crippen LogP contribution in [0.1, 0.15) is 32.6 Å². The predicted octanol–water partition coefficient (Wildman–Crippen LogP) is 4.43. The molecule has 7 nitrogen and oxygen atoms in total. The average molecular weight is 505 g/mol. The summed E-state index contributed by atoms with van der Waals surface area (Å²) >= 11 is 0. The maximum atomic E-state index is 12.9. The smallest absolute Gasteiger partial charge is 0.342 e. The monoisotopic (exact) mass is 504 g/mol. The number of allylic oxidation sites excluding steroid dienone is 1. The second-order valence-electron chi connectivity index (χ2n) is 8.63. The Hall–Kier alpha value is -3.81. The zero-order chi connectivity index (χ0) is 26.3. The number of benzene rings is 3. The van der Waals surface area contributed by atoms with E-state index in [0.717, 1.165) is 33.8 Å². The summed E-state index contributed by atoms with van der Waals surface area (Å²) < 4.78 is 27.0. The molecule has 0 saturated heterocycles. The van der Waals surface area contributed by atoms with Gasteiger partial charge >= 0.3 is 5.97 Å². The van der Waals surface area contributed by atoms with Crippen LogP contribution < -0.4 is 14.2 Å². The summed E-state index contributed by atoms with van der Waals surface area (Å²) in [5.41, 5.74) is 3.88. The van der Waals surface area contributed by atoms with Crippen molar-refractivity contribution in [3.63, 3.8) is 0 Å². The number of aliphatic hydroxyl groups is 1. The Morgan fingerprint density at radius 2 is 1.46 bits per heavy atom. The highest BCUT2D eigenvalue weighted by Gasteiger charge is 2.36. The predicted molar refractivity (Wildman–Crippen MR) is 141 cm³/mol. The van der Waals surface area contributed by atoms with Gasteiger partial charge in [-0.25, -0.2) is 4.79 Å². The van der Waals surface area contributed by atoms with Gasteiger partial charge in [0.25, 0.3) is 0 Å². The zero-order valence-corrected chi connectivity index (χ0v) is 21.4. The van der Waals surface area contributed by atoms with Crippen LogP contribution in [0.4, 0.5) is 0 Å². The number of hydrogen-bond donors (Lipinski definition) is 1. The molecule has 0 aromatic heterocycles. The zero-order valence-electron chi connectivity index (χ0n) is 21.4. The third kappa shape index (κ3) is 5.48. The van der Waals surface area contributed by atoms with Gasteiger partial charge in [0.15, 0.2) is 0 Å². The van der Waals surface area contributed by atoms with Crippen molar-refractivity contribution in [2.24, 2.45) is 0 Å². The van der Waals surface area contributed by atoms with E-state index in [4.69, 9.17) is 28.8 Å². The van der Waals surface area contributed by atoms with Gasteiger partial charge in [0.2, 0.25) is 0 Å². The first-order chi connectivity index (χ1) is 18.1. The van der Waals surface area contributed by atoms with Crippen molar-refractivity contribution in [1.29, 1.82) is 0 Å². The molecular weight excluding hydrogens is 472 g/mol. The van der Waals surface area contributed by atoms with Crippen molar-refractivity contribution >= 4 is 12.0 Å². The molecule has 0 amide bonds. The van der Waals surface area contributed by atoms with E-state index in [2.05, 4.69) is 30.3 Å². The average Bonchev–Trinajstić information content (AvgIpc) is 2.96. The third-order valence-corrected chi connectivity index (χ3v) is 6.62. The number of carbonyl (C=O) groups excluding carboxylic acids is 1. The molecule has 0 saturated carbocycles. The van der Waals surface area contributed by atoms with Crippen molar-refractivity contribution in [3.05, 3.63) is 94.6 Å². The molecule has 0 aliphatic heterocycles. The Kier molecular flexibility index (Phi) is 8.48. The van der Waals surface area contributed by atoms with Crippen LogP contribution in [0.25, 0.3) is 6.08 Å². The van der Waals surface area contributed by atoms with Crippen LogP contribution in [0.15, 0.2) is 66.7 Å². The molecule has 0 unspecified atom stereocenters. The van der Waals surface area contributed by atoms with Crippen LogP contribution in [0.2, 0.25) is 0 Å². The highest BCUT2D eigenvalue weighted by molar-refractivity contribution is 5.97. The number of carbonyl (C=O) groups is 1. The second kappa shape index (κ2) is 12.0. The number of rotatable bonds is 11.